The molecule has 0 bridgehead atoms. The van der Waals surface area contributed by atoms with Gasteiger partial charge in [-0.2, -0.15) is 4.98 Å². The van der Waals surface area contributed by atoms with Crippen molar-refractivity contribution in [3.63, 3.8) is 0 Å². The van der Waals surface area contributed by atoms with Gasteiger partial charge in [-0.3, -0.25) is 19.1 Å². The summed E-state index contributed by atoms with van der Waals surface area (Å²) < 4.78 is 18.1. The van der Waals surface area contributed by atoms with Crippen LogP contribution < -0.4 is 20.3 Å². The topological polar surface area (TPSA) is 111 Å². The van der Waals surface area contributed by atoms with E-state index < -0.39 is 0 Å². The second-order valence-electron chi connectivity index (χ2n) is 10.1. The third-order valence-corrected chi connectivity index (χ3v) is 7.95. The number of nitrogens with zero attached hydrogens (tertiary/aromatic N) is 5. The van der Waals surface area contributed by atoms with Crippen molar-refractivity contribution in [2.45, 2.75) is 25.4 Å². The smallest absolute Gasteiger partial charge is 0.260 e. The van der Waals surface area contributed by atoms with Gasteiger partial charge in [-0.25, -0.2) is 4.98 Å². The minimum Gasteiger partial charge on any atom is -0.497 e. The molecule has 3 aromatic rings. The lowest BCUT2D eigenvalue weighted by atomic mass is 10.0. The average Bonchev–Trinajstić information content (AvgIpc) is 3.51. The summed E-state index contributed by atoms with van der Waals surface area (Å²) in [6, 6.07) is 5.31. The van der Waals surface area contributed by atoms with Crippen LogP contribution in [0.5, 0.6) is 11.5 Å². The summed E-state index contributed by atoms with van der Waals surface area (Å²) in [6.45, 7) is 8.94. The number of carbonyl (C=O) groups is 1. The van der Waals surface area contributed by atoms with Gasteiger partial charge in [0.05, 0.1) is 31.9 Å². The molecule has 1 aromatic carbocycles. The van der Waals surface area contributed by atoms with Gasteiger partial charge in [0, 0.05) is 68.1 Å². The first-order chi connectivity index (χ1) is 19.9. The number of piperazine rings is 1. The van der Waals surface area contributed by atoms with E-state index in [1.807, 2.05) is 0 Å². The molecular weight excluding hydrogens is 548 g/mol. The number of fused-ring (bicyclic) bond motifs is 1. The van der Waals surface area contributed by atoms with Gasteiger partial charge in [0.2, 0.25) is 11.9 Å². The summed E-state index contributed by atoms with van der Waals surface area (Å²) in [5.74, 6) is 1.35. The van der Waals surface area contributed by atoms with E-state index in [-0.39, 0.29) is 17.5 Å². The van der Waals surface area contributed by atoms with Crippen molar-refractivity contribution in [3.05, 3.63) is 52.4 Å². The van der Waals surface area contributed by atoms with Crippen LogP contribution in [-0.2, 0) is 16.1 Å². The van der Waals surface area contributed by atoms with Crippen LogP contribution in [0.25, 0.3) is 22.2 Å². The Bertz CT molecular complexity index is 1480. The van der Waals surface area contributed by atoms with Gasteiger partial charge >= 0.3 is 0 Å². The van der Waals surface area contributed by atoms with E-state index in [0.29, 0.717) is 83.9 Å². The highest BCUT2D eigenvalue weighted by Gasteiger charge is 2.22. The van der Waals surface area contributed by atoms with Gasteiger partial charge in [-0.15, -0.1) is 0 Å². The van der Waals surface area contributed by atoms with Crippen LogP contribution in [0, 0.1) is 0 Å². The summed E-state index contributed by atoms with van der Waals surface area (Å²) in [4.78, 5) is 39.4. The zero-order valence-electron chi connectivity index (χ0n) is 23.4. The molecule has 12 heteroatoms. The third kappa shape index (κ3) is 6.32. The number of nitrogens with one attached hydrogen (secondary N) is 1. The van der Waals surface area contributed by atoms with Crippen molar-refractivity contribution >= 4 is 34.5 Å². The molecule has 0 spiro atoms. The van der Waals surface area contributed by atoms with Crippen molar-refractivity contribution < 1.29 is 19.0 Å². The number of carbonyl (C=O) groups excluding carboxylic acids is 1. The molecule has 1 atom stereocenters. The fraction of sp³-hybridized carbons (Fsp3) is 0.448. The number of aryl methyl sites for hydroxylation is 1. The van der Waals surface area contributed by atoms with Crippen molar-refractivity contribution in [1.29, 1.82) is 0 Å². The molecule has 1 N–H and O–H groups in total. The van der Waals surface area contributed by atoms with Gasteiger partial charge < -0.3 is 24.4 Å². The van der Waals surface area contributed by atoms with Gasteiger partial charge in [0.15, 0.2) is 0 Å². The number of anilines is 1. The Hall–Kier alpha value is -3.67. The van der Waals surface area contributed by atoms with Crippen molar-refractivity contribution in [2.24, 2.45) is 0 Å². The number of pyridine rings is 1. The molecule has 0 radical (unpaired) electrons. The highest BCUT2D eigenvalue weighted by atomic mass is 35.5. The molecule has 2 fully saturated rings. The molecule has 4 heterocycles. The number of halogens is 1. The number of benzene rings is 1. The van der Waals surface area contributed by atoms with E-state index >= 15 is 0 Å². The molecule has 5 rings (SSSR count). The van der Waals surface area contributed by atoms with Gasteiger partial charge in [0.25, 0.3) is 5.56 Å². The summed E-state index contributed by atoms with van der Waals surface area (Å²) >= 11 is 6.70. The zero-order chi connectivity index (χ0) is 28.9. The van der Waals surface area contributed by atoms with Gasteiger partial charge in [-0.1, -0.05) is 18.2 Å². The maximum absolute atomic E-state index is 14.1. The Morgan fingerprint density at radius 2 is 1.98 bits per heavy atom. The molecule has 1 amide bonds. The van der Waals surface area contributed by atoms with Gasteiger partial charge in [-0.05, 0) is 37.6 Å². The monoisotopic (exact) mass is 582 g/mol. The number of hydrogen-bond acceptors (Lipinski definition) is 9. The van der Waals surface area contributed by atoms with Crippen LogP contribution in [0.3, 0.4) is 0 Å². The van der Waals surface area contributed by atoms with E-state index in [9.17, 15) is 9.59 Å². The largest absolute Gasteiger partial charge is 0.497 e. The second-order valence-corrected chi connectivity index (χ2v) is 10.5. The molecule has 2 aliphatic rings. The Labute approximate surface area is 243 Å². The van der Waals surface area contributed by atoms with Crippen LogP contribution in [0.4, 0.5) is 5.95 Å². The number of ether oxygens (including phenoxy) is 3. The number of hydrogen-bond donors (Lipinski definition) is 1. The Kier molecular flexibility index (Phi) is 9.06. The summed E-state index contributed by atoms with van der Waals surface area (Å²) in [5.41, 5.74) is 1.24. The van der Waals surface area contributed by atoms with Crippen molar-refractivity contribution in [2.75, 3.05) is 65.5 Å². The summed E-state index contributed by atoms with van der Waals surface area (Å²) in [5, 5.41) is 4.36. The molecule has 1 unspecified atom stereocenters. The summed E-state index contributed by atoms with van der Waals surface area (Å²) in [6.07, 6.45) is 4.66. The number of amides is 1. The normalized spacial score (nSPS) is 17.5. The minimum atomic E-state index is -0.218. The SMILES string of the molecule is C=CC(=O)N1CCN(CCCn2c(=O)c(-c3cc(OC)cc(OC)c3Cl)cc3cnc(NC4CCOC4)nc32)CC1. The average molecular weight is 583 g/mol. The zero-order valence-corrected chi connectivity index (χ0v) is 24.2. The first-order valence-electron chi connectivity index (χ1n) is 13.7. The van der Waals surface area contributed by atoms with Crippen molar-refractivity contribution in [1.82, 2.24) is 24.3 Å². The molecule has 218 valence electrons. The highest BCUT2D eigenvalue weighted by molar-refractivity contribution is 6.35. The minimum absolute atomic E-state index is 0.0411. The van der Waals surface area contributed by atoms with Crippen LogP contribution >= 0.6 is 11.6 Å². The molecule has 2 saturated heterocycles. The molecule has 41 heavy (non-hydrogen) atoms. The maximum atomic E-state index is 14.1. The van der Waals surface area contributed by atoms with Gasteiger partial charge in [0.1, 0.15) is 17.1 Å². The fourth-order valence-corrected chi connectivity index (χ4v) is 5.56. The molecule has 2 aliphatic heterocycles. The molecule has 11 nitrogen and oxygen atoms in total. The Balaban J connectivity index is 1.47. The predicted molar refractivity (Wildman–Crippen MR) is 158 cm³/mol. The molecule has 0 saturated carbocycles. The number of aromatic nitrogens is 3. The molecule has 2 aromatic heterocycles. The quantitative estimate of drug-likeness (QED) is 0.361. The second kappa shape index (κ2) is 12.9. The maximum Gasteiger partial charge on any atom is 0.260 e. The number of rotatable bonds is 10. The van der Waals surface area contributed by atoms with E-state index in [1.54, 1.807) is 41.0 Å². The lowest BCUT2D eigenvalue weighted by Gasteiger charge is -2.34. The number of methoxy groups -OCH3 is 2. The Morgan fingerprint density at radius 3 is 2.66 bits per heavy atom. The molecular formula is C29H35ClN6O5. The van der Waals surface area contributed by atoms with E-state index in [4.69, 9.17) is 30.8 Å². The summed E-state index contributed by atoms with van der Waals surface area (Å²) in [7, 11) is 3.07. The van der Waals surface area contributed by atoms with Crippen molar-refractivity contribution in [3.8, 4) is 22.6 Å². The first kappa shape index (κ1) is 28.8. The van der Waals surface area contributed by atoms with E-state index in [1.165, 1.54) is 13.2 Å². The lowest BCUT2D eigenvalue weighted by molar-refractivity contribution is -0.127. The standard InChI is InChI=1S/C29H35ClN6O5/c1-4-25(37)35-11-9-34(10-12-35)7-5-8-36-27-19(17-31-29(33-27)32-20-6-13-41-18-20)14-23(28(36)38)22-15-21(39-2)16-24(40-3)26(22)30/h4,14-17,20H,1,5-13,18H2,2-3H3,(H,31,32,33). The van der Waals surface area contributed by atoms with E-state index in [2.05, 4.69) is 21.8 Å². The first-order valence-corrected chi connectivity index (χ1v) is 14.1. The lowest BCUT2D eigenvalue weighted by Crippen LogP contribution is -2.48. The van der Waals surface area contributed by atoms with Crippen LogP contribution in [-0.4, -0.2) is 96.4 Å². The van der Waals surface area contributed by atoms with E-state index in [0.717, 1.165) is 26.1 Å². The highest BCUT2D eigenvalue weighted by Crippen LogP contribution is 2.38. The third-order valence-electron chi connectivity index (χ3n) is 7.56. The fourth-order valence-electron chi connectivity index (χ4n) is 5.27. The van der Waals surface area contributed by atoms with Crippen LogP contribution in [0.2, 0.25) is 5.02 Å². The Morgan fingerprint density at radius 1 is 1.17 bits per heavy atom. The van der Waals surface area contributed by atoms with Crippen LogP contribution in [0.15, 0.2) is 41.8 Å². The predicted octanol–water partition coefficient (Wildman–Crippen LogP) is 3.05. The molecule has 0 aliphatic carbocycles. The van der Waals surface area contributed by atoms with Crippen LogP contribution in [0.1, 0.15) is 12.8 Å².